The minimum absolute atomic E-state index is 0.147. The number of amides is 1. The number of hydrogen-bond acceptors (Lipinski definition) is 3. The smallest absolute Gasteiger partial charge is 0.261 e. The average molecular weight is 382 g/mol. The lowest BCUT2D eigenvalue weighted by Gasteiger charge is -2.06. The Labute approximate surface area is 142 Å². The first-order valence-electron chi connectivity index (χ1n) is 6.57. The summed E-state index contributed by atoms with van der Waals surface area (Å²) in [5.41, 5.74) is 1.73. The number of carbonyl (C=O) groups excluding carboxylic acids is 1. The van der Waals surface area contributed by atoms with Crippen LogP contribution in [0.4, 0.5) is 0 Å². The highest BCUT2D eigenvalue weighted by atomic mass is 79.9. The molecular formula is C16H14BrClN2O2. The first-order valence-corrected chi connectivity index (χ1v) is 7.74. The van der Waals surface area contributed by atoms with Gasteiger partial charge < -0.3 is 10.2 Å². The fourth-order valence-electron chi connectivity index (χ4n) is 1.66. The normalized spacial score (nSPS) is 10.6. The molecule has 6 heteroatoms. The topological polar surface area (TPSA) is 50.7 Å². The maximum atomic E-state index is 11.6. The Morgan fingerprint density at radius 3 is 2.73 bits per heavy atom. The van der Waals surface area contributed by atoms with Crippen molar-refractivity contribution in [2.75, 3.05) is 6.61 Å². The molecule has 2 aromatic carbocycles. The molecule has 0 fully saturated rings. The standard InChI is InChI=1S/C16H14BrClN2O2/c17-14-7-3-1-5-12(14)10-20-22-11-16(21)19-9-13-6-2-4-8-15(13)18/h1-8,10H,9,11H2,(H,19,21)/b20-10-. The second-order valence-electron chi connectivity index (χ2n) is 4.40. The van der Waals surface area contributed by atoms with E-state index in [1.165, 1.54) is 0 Å². The van der Waals surface area contributed by atoms with E-state index < -0.39 is 0 Å². The number of halogens is 2. The molecule has 0 heterocycles. The summed E-state index contributed by atoms with van der Waals surface area (Å²) in [5, 5.41) is 7.11. The molecule has 0 bridgehead atoms. The molecule has 114 valence electrons. The van der Waals surface area contributed by atoms with E-state index in [0.717, 1.165) is 15.6 Å². The molecule has 2 aromatic rings. The number of carbonyl (C=O) groups is 1. The van der Waals surface area contributed by atoms with Gasteiger partial charge in [-0.3, -0.25) is 4.79 Å². The zero-order chi connectivity index (χ0) is 15.8. The van der Waals surface area contributed by atoms with Crippen molar-refractivity contribution < 1.29 is 9.63 Å². The van der Waals surface area contributed by atoms with Gasteiger partial charge in [0.2, 0.25) is 0 Å². The van der Waals surface area contributed by atoms with E-state index >= 15 is 0 Å². The summed E-state index contributed by atoms with van der Waals surface area (Å²) in [7, 11) is 0. The van der Waals surface area contributed by atoms with Crippen LogP contribution in [-0.2, 0) is 16.2 Å². The van der Waals surface area contributed by atoms with Crippen molar-refractivity contribution in [1.82, 2.24) is 5.32 Å². The molecule has 22 heavy (non-hydrogen) atoms. The Morgan fingerprint density at radius 1 is 1.23 bits per heavy atom. The van der Waals surface area contributed by atoms with Crippen LogP contribution < -0.4 is 5.32 Å². The van der Waals surface area contributed by atoms with Crippen molar-refractivity contribution in [3.8, 4) is 0 Å². The van der Waals surface area contributed by atoms with Crippen LogP contribution in [0.15, 0.2) is 58.2 Å². The molecule has 0 saturated heterocycles. The molecule has 2 rings (SSSR count). The molecule has 0 saturated carbocycles. The van der Waals surface area contributed by atoms with Crippen molar-refractivity contribution >= 4 is 39.7 Å². The Balaban J connectivity index is 1.74. The van der Waals surface area contributed by atoms with Crippen LogP contribution in [0.3, 0.4) is 0 Å². The Bertz CT molecular complexity index is 677. The molecule has 1 N–H and O–H groups in total. The summed E-state index contributed by atoms with van der Waals surface area (Å²) < 4.78 is 0.908. The Morgan fingerprint density at radius 2 is 1.95 bits per heavy atom. The molecule has 0 aliphatic heterocycles. The molecule has 0 spiro atoms. The van der Waals surface area contributed by atoms with E-state index in [2.05, 4.69) is 26.4 Å². The second kappa shape index (κ2) is 8.56. The van der Waals surface area contributed by atoms with Gasteiger partial charge >= 0.3 is 0 Å². The molecule has 0 radical (unpaired) electrons. The van der Waals surface area contributed by atoms with Crippen molar-refractivity contribution in [1.29, 1.82) is 0 Å². The van der Waals surface area contributed by atoms with Crippen molar-refractivity contribution in [2.24, 2.45) is 5.16 Å². The van der Waals surface area contributed by atoms with Gasteiger partial charge in [-0.25, -0.2) is 0 Å². The number of benzene rings is 2. The predicted octanol–water partition coefficient (Wildman–Crippen LogP) is 3.77. The van der Waals surface area contributed by atoms with Crippen LogP contribution in [0.25, 0.3) is 0 Å². The number of nitrogens with one attached hydrogen (secondary N) is 1. The largest absolute Gasteiger partial charge is 0.386 e. The van der Waals surface area contributed by atoms with E-state index in [1.807, 2.05) is 42.5 Å². The molecule has 1 amide bonds. The number of nitrogens with zero attached hydrogens (tertiary/aromatic N) is 1. The lowest BCUT2D eigenvalue weighted by Crippen LogP contribution is -2.26. The van der Waals surface area contributed by atoms with Crippen LogP contribution in [0.1, 0.15) is 11.1 Å². The van der Waals surface area contributed by atoms with Gasteiger partial charge in [0.25, 0.3) is 5.91 Å². The van der Waals surface area contributed by atoms with Gasteiger partial charge in [0.15, 0.2) is 6.61 Å². The van der Waals surface area contributed by atoms with E-state index in [0.29, 0.717) is 11.6 Å². The summed E-state index contributed by atoms with van der Waals surface area (Å²) in [4.78, 5) is 16.6. The predicted molar refractivity (Wildman–Crippen MR) is 91.0 cm³/mol. The third-order valence-corrected chi connectivity index (χ3v) is 3.89. The highest BCUT2D eigenvalue weighted by Crippen LogP contribution is 2.14. The summed E-state index contributed by atoms with van der Waals surface area (Å²) in [6.07, 6.45) is 1.55. The van der Waals surface area contributed by atoms with Crippen LogP contribution in [0.5, 0.6) is 0 Å². The van der Waals surface area contributed by atoms with E-state index in [9.17, 15) is 4.79 Å². The Hall–Kier alpha value is -1.85. The minimum Gasteiger partial charge on any atom is -0.386 e. The number of hydrogen-bond donors (Lipinski definition) is 1. The van der Waals surface area contributed by atoms with Gasteiger partial charge in [-0.2, -0.15) is 0 Å². The lowest BCUT2D eigenvalue weighted by atomic mass is 10.2. The Kier molecular flexibility index (Phi) is 6.43. The molecule has 0 aliphatic rings. The van der Waals surface area contributed by atoms with Gasteiger partial charge in [-0.15, -0.1) is 0 Å². The SMILES string of the molecule is O=C(CO/N=C\c1ccccc1Br)NCc1ccccc1Cl. The molecule has 0 aliphatic carbocycles. The van der Waals surface area contributed by atoms with Gasteiger partial charge in [0, 0.05) is 21.6 Å². The van der Waals surface area contributed by atoms with Gasteiger partial charge in [-0.1, -0.05) is 69.1 Å². The monoisotopic (exact) mass is 380 g/mol. The fraction of sp³-hybridized carbons (Fsp3) is 0.125. The van der Waals surface area contributed by atoms with E-state index in [1.54, 1.807) is 12.3 Å². The number of rotatable bonds is 6. The van der Waals surface area contributed by atoms with Crippen molar-refractivity contribution in [2.45, 2.75) is 6.54 Å². The molecule has 0 atom stereocenters. The van der Waals surface area contributed by atoms with Crippen molar-refractivity contribution in [3.63, 3.8) is 0 Å². The summed E-state index contributed by atoms with van der Waals surface area (Å²) in [6, 6.07) is 14.9. The first-order chi connectivity index (χ1) is 10.7. The quantitative estimate of drug-likeness (QED) is 0.612. The summed E-state index contributed by atoms with van der Waals surface area (Å²) in [5.74, 6) is -0.260. The van der Waals surface area contributed by atoms with Crippen molar-refractivity contribution in [3.05, 3.63) is 69.2 Å². The molecular weight excluding hydrogens is 368 g/mol. The van der Waals surface area contributed by atoms with Gasteiger partial charge in [-0.05, 0) is 17.7 Å². The van der Waals surface area contributed by atoms with Crippen LogP contribution in [0, 0.1) is 0 Å². The third kappa shape index (κ3) is 5.16. The average Bonchev–Trinajstić information content (AvgIpc) is 2.52. The van der Waals surface area contributed by atoms with E-state index in [4.69, 9.17) is 16.4 Å². The zero-order valence-electron chi connectivity index (χ0n) is 11.6. The zero-order valence-corrected chi connectivity index (χ0v) is 14.0. The maximum Gasteiger partial charge on any atom is 0.261 e. The van der Waals surface area contributed by atoms with Crippen LogP contribution >= 0.6 is 27.5 Å². The second-order valence-corrected chi connectivity index (χ2v) is 5.66. The summed E-state index contributed by atoms with van der Waals surface area (Å²) in [6.45, 7) is 0.210. The minimum atomic E-state index is -0.260. The first kappa shape index (κ1) is 16.5. The highest BCUT2D eigenvalue weighted by Gasteiger charge is 2.03. The molecule has 4 nitrogen and oxygen atoms in total. The summed E-state index contributed by atoms with van der Waals surface area (Å²) >= 11 is 9.40. The van der Waals surface area contributed by atoms with Gasteiger partial charge in [0.1, 0.15) is 0 Å². The maximum absolute atomic E-state index is 11.6. The van der Waals surface area contributed by atoms with Gasteiger partial charge in [0.05, 0.1) is 6.21 Å². The van der Waals surface area contributed by atoms with E-state index in [-0.39, 0.29) is 12.5 Å². The highest BCUT2D eigenvalue weighted by molar-refractivity contribution is 9.10. The number of oxime groups is 1. The fourth-order valence-corrected chi connectivity index (χ4v) is 2.25. The van der Waals surface area contributed by atoms with Crippen LogP contribution in [0.2, 0.25) is 5.02 Å². The van der Waals surface area contributed by atoms with Crippen LogP contribution in [-0.4, -0.2) is 18.7 Å². The molecule has 0 unspecified atom stereocenters. The lowest BCUT2D eigenvalue weighted by molar-refractivity contribution is -0.125. The third-order valence-electron chi connectivity index (χ3n) is 2.80. The molecule has 0 aromatic heterocycles.